The molecule has 0 amide bonds. The van der Waals surface area contributed by atoms with E-state index in [1.165, 1.54) is 6.07 Å². The Hall–Kier alpha value is -2.36. The van der Waals surface area contributed by atoms with Crippen LogP contribution in [0.25, 0.3) is 10.9 Å². The fourth-order valence-electron chi connectivity index (χ4n) is 3.95. The van der Waals surface area contributed by atoms with Crippen molar-refractivity contribution in [1.82, 2.24) is 9.71 Å². The summed E-state index contributed by atoms with van der Waals surface area (Å²) in [7, 11) is -4.04. The van der Waals surface area contributed by atoms with E-state index in [0.29, 0.717) is 36.8 Å². The Kier molecular flexibility index (Phi) is 6.33. The van der Waals surface area contributed by atoms with Crippen LogP contribution in [0.3, 0.4) is 0 Å². The number of aromatic nitrogens is 1. The van der Waals surface area contributed by atoms with Crippen molar-refractivity contribution in [3.05, 3.63) is 65.3 Å². The lowest BCUT2D eigenvalue weighted by molar-refractivity contribution is -0.137. The van der Waals surface area contributed by atoms with Crippen molar-refractivity contribution >= 4 is 38.2 Å². The Morgan fingerprint density at radius 1 is 0.969 bits per heavy atom. The first-order valence-electron chi connectivity index (χ1n) is 10.1. The lowest BCUT2D eigenvalue weighted by Crippen LogP contribution is -2.40. The number of nitrogens with one attached hydrogen (secondary N) is 2. The number of fused-ring (bicyclic) bond motifs is 1. The second kappa shape index (κ2) is 8.88. The molecule has 2 N–H and O–H groups in total. The number of hydrogen-bond acceptors (Lipinski definition) is 4. The van der Waals surface area contributed by atoms with Gasteiger partial charge in [-0.15, -0.1) is 0 Å². The summed E-state index contributed by atoms with van der Waals surface area (Å²) in [6.07, 6.45) is -0.316. The summed E-state index contributed by atoms with van der Waals surface area (Å²) in [5.41, 5.74) is 0.726. The minimum Gasteiger partial charge on any atom is -0.382 e. The topological polar surface area (TPSA) is 71.1 Å². The van der Waals surface area contributed by atoms with Gasteiger partial charge < -0.3 is 5.32 Å². The van der Waals surface area contributed by atoms with E-state index in [0.717, 1.165) is 28.7 Å². The van der Waals surface area contributed by atoms with Crippen LogP contribution in [0.15, 0.2) is 59.6 Å². The zero-order valence-corrected chi connectivity index (χ0v) is 18.4. The number of alkyl halides is 3. The van der Waals surface area contributed by atoms with Gasteiger partial charge in [0, 0.05) is 34.4 Å². The number of rotatable bonds is 5. The van der Waals surface area contributed by atoms with Gasteiger partial charge in [-0.2, -0.15) is 13.2 Å². The SMILES string of the molecule is O=S(=O)(NC1CCC(Nc2ccnc3cc(Cl)ccc23)CC1)c1cccc(C(F)(F)F)c1. The molecule has 2 aromatic carbocycles. The van der Waals surface area contributed by atoms with Crippen LogP contribution in [0.2, 0.25) is 5.02 Å². The molecule has 0 saturated heterocycles. The van der Waals surface area contributed by atoms with Crippen molar-refractivity contribution < 1.29 is 21.6 Å². The first-order valence-corrected chi connectivity index (χ1v) is 12.0. The largest absolute Gasteiger partial charge is 0.416 e. The zero-order valence-electron chi connectivity index (χ0n) is 16.9. The van der Waals surface area contributed by atoms with Crippen molar-refractivity contribution in [1.29, 1.82) is 0 Å². The minimum atomic E-state index is -4.60. The molecular formula is C22H21ClF3N3O2S. The summed E-state index contributed by atoms with van der Waals surface area (Å²) >= 11 is 6.03. The zero-order chi connectivity index (χ0) is 22.9. The van der Waals surface area contributed by atoms with Gasteiger partial charge in [0.25, 0.3) is 0 Å². The third-order valence-electron chi connectivity index (χ3n) is 5.59. The standard InChI is InChI=1S/C22H21ClF3N3O2S/c23-15-4-9-19-20(10-11-27-21(19)13-15)28-16-5-7-17(8-6-16)29-32(30,31)18-3-1-2-14(12-18)22(24,25)26/h1-4,9-13,16-17,29H,5-8H2,(H,27,28). The van der Waals surface area contributed by atoms with E-state index in [9.17, 15) is 21.6 Å². The lowest BCUT2D eigenvalue weighted by Gasteiger charge is -2.30. The molecule has 0 aliphatic heterocycles. The monoisotopic (exact) mass is 483 g/mol. The Bertz CT molecular complexity index is 1230. The highest BCUT2D eigenvalue weighted by Crippen LogP contribution is 2.31. The van der Waals surface area contributed by atoms with Crippen molar-refractivity contribution in [2.75, 3.05) is 5.32 Å². The van der Waals surface area contributed by atoms with E-state index in [4.69, 9.17) is 11.6 Å². The maximum atomic E-state index is 12.9. The first-order chi connectivity index (χ1) is 15.1. The summed E-state index contributed by atoms with van der Waals surface area (Å²) in [4.78, 5) is 3.95. The quantitative estimate of drug-likeness (QED) is 0.495. The number of anilines is 1. The summed E-state index contributed by atoms with van der Waals surface area (Å²) in [5, 5.41) is 5.05. The Labute approximate surface area is 189 Å². The highest BCUT2D eigenvalue weighted by molar-refractivity contribution is 7.89. The van der Waals surface area contributed by atoms with Gasteiger partial charge in [0.2, 0.25) is 10.0 Å². The molecule has 170 valence electrons. The smallest absolute Gasteiger partial charge is 0.382 e. The molecule has 3 aromatic rings. The van der Waals surface area contributed by atoms with Crippen LogP contribution < -0.4 is 10.0 Å². The van der Waals surface area contributed by atoms with Gasteiger partial charge in [0.05, 0.1) is 16.0 Å². The normalized spacial score (nSPS) is 19.8. The molecule has 1 saturated carbocycles. The van der Waals surface area contributed by atoms with E-state index in [2.05, 4.69) is 15.0 Å². The van der Waals surface area contributed by atoms with Gasteiger partial charge in [0.15, 0.2) is 0 Å². The molecule has 10 heteroatoms. The molecule has 0 unspecified atom stereocenters. The number of nitrogens with zero attached hydrogens (tertiary/aromatic N) is 1. The fourth-order valence-corrected chi connectivity index (χ4v) is 5.47. The summed E-state index contributed by atoms with van der Waals surface area (Å²) in [6, 6.07) is 11.0. The molecule has 32 heavy (non-hydrogen) atoms. The molecule has 4 rings (SSSR count). The third-order valence-corrected chi connectivity index (χ3v) is 7.34. The minimum absolute atomic E-state index is 0.144. The highest BCUT2D eigenvalue weighted by atomic mass is 35.5. The maximum Gasteiger partial charge on any atom is 0.416 e. The van der Waals surface area contributed by atoms with E-state index in [1.807, 2.05) is 12.1 Å². The van der Waals surface area contributed by atoms with Crippen molar-refractivity contribution in [3.63, 3.8) is 0 Å². The Balaban J connectivity index is 1.39. The number of pyridine rings is 1. The number of hydrogen-bond donors (Lipinski definition) is 2. The summed E-state index contributed by atoms with van der Waals surface area (Å²) < 4.78 is 66.6. The predicted molar refractivity (Wildman–Crippen MR) is 118 cm³/mol. The second-order valence-corrected chi connectivity index (χ2v) is 10.0. The molecule has 0 radical (unpaired) electrons. The fraction of sp³-hybridized carbons (Fsp3) is 0.318. The Morgan fingerprint density at radius 3 is 2.41 bits per heavy atom. The molecule has 1 heterocycles. The molecule has 1 aliphatic rings. The van der Waals surface area contributed by atoms with Gasteiger partial charge >= 0.3 is 6.18 Å². The van der Waals surface area contributed by atoms with E-state index < -0.39 is 21.8 Å². The maximum absolute atomic E-state index is 12.9. The number of sulfonamides is 1. The molecule has 5 nitrogen and oxygen atoms in total. The molecule has 0 atom stereocenters. The van der Waals surface area contributed by atoms with Crippen LogP contribution in [0.4, 0.5) is 18.9 Å². The van der Waals surface area contributed by atoms with Crippen molar-refractivity contribution in [3.8, 4) is 0 Å². The van der Waals surface area contributed by atoms with Gasteiger partial charge in [-0.1, -0.05) is 17.7 Å². The van der Waals surface area contributed by atoms with E-state index in [-0.39, 0.29) is 17.0 Å². The number of benzene rings is 2. The van der Waals surface area contributed by atoms with Crippen LogP contribution in [-0.4, -0.2) is 25.5 Å². The van der Waals surface area contributed by atoms with Crippen LogP contribution in [0.5, 0.6) is 0 Å². The molecule has 1 aliphatic carbocycles. The molecule has 0 bridgehead atoms. The third kappa shape index (κ3) is 5.16. The molecule has 0 spiro atoms. The van der Waals surface area contributed by atoms with Crippen LogP contribution in [-0.2, 0) is 16.2 Å². The first kappa shape index (κ1) is 22.8. The van der Waals surface area contributed by atoms with Crippen LogP contribution in [0.1, 0.15) is 31.2 Å². The average Bonchev–Trinajstić information content (AvgIpc) is 2.74. The summed E-state index contributed by atoms with van der Waals surface area (Å²) in [6.45, 7) is 0. The van der Waals surface area contributed by atoms with Crippen molar-refractivity contribution in [2.24, 2.45) is 0 Å². The van der Waals surface area contributed by atoms with Crippen molar-refractivity contribution in [2.45, 2.75) is 48.8 Å². The molecule has 1 aromatic heterocycles. The van der Waals surface area contributed by atoms with Gasteiger partial charge in [-0.3, -0.25) is 4.98 Å². The predicted octanol–water partition coefficient (Wildman–Crippen LogP) is 5.61. The van der Waals surface area contributed by atoms with Crippen LogP contribution >= 0.6 is 11.6 Å². The van der Waals surface area contributed by atoms with E-state index >= 15 is 0 Å². The molecular weight excluding hydrogens is 463 g/mol. The average molecular weight is 484 g/mol. The van der Waals surface area contributed by atoms with Gasteiger partial charge in [-0.05, 0) is 68.1 Å². The molecule has 1 fully saturated rings. The van der Waals surface area contributed by atoms with E-state index in [1.54, 1.807) is 18.3 Å². The van der Waals surface area contributed by atoms with Crippen LogP contribution in [0, 0.1) is 0 Å². The lowest BCUT2D eigenvalue weighted by atomic mass is 9.91. The Morgan fingerprint density at radius 2 is 1.69 bits per heavy atom. The van der Waals surface area contributed by atoms with Gasteiger partial charge in [0.1, 0.15) is 0 Å². The number of halogens is 4. The van der Waals surface area contributed by atoms with Gasteiger partial charge in [-0.25, -0.2) is 13.1 Å². The summed E-state index contributed by atoms with van der Waals surface area (Å²) in [5.74, 6) is 0. The highest BCUT2D eigenvalue weighted by Gasteiger charge is 2.32. The second-order valence-electron chi connectivity index (χ2n) is 7.86.